The maximum atomic E-state index is 13.8. The molecular weight excluding hydrogens is 864 g/mol. The smallest absolute Gasteiger partial charge is 0.296 e. The molecule has 5 aromatic rings. The number of carbonyl (C=O) groups is 2. The lowest BCUT2D eigenvalue weighted by Crippen LogP contribution is -2.27. The Kier molecular flexibility index (Phi) is 11.4. The molecule has 58 heavy (non-hydrogen) atoms. The molecule has 0 saturated heterocycles. The summed E-state index contributed by atoms with van der Waals surface area (Å²) >= 11 is 12.2. The van der Waals surface area contributed by atoms with E-state index in [1.807, 2.05) is 0 Å². The van der Waals surface area contributed by atoms with E-state index in [4.69, 9.17) is 33.7 Å². The number of carbonyl (C=O) groups excluding carboxylic acids is 2. The molecule has 1 aliphatic carbocycles. The SMILES string of the molecule is CCOc1cc(N=Nc2cc(Cl)c(S(=O)(=O)O)cc2Cl)c2cc(S(=O)(=O)O)ccc2c1N/N=C1\C(=O)c2ccc(NC(=O)c3ccc(N)cc3)cc2C=C1S(=O)(=O)O. The van der Waals surface area contributed by atoms with Crippen molar-refractivity contribution in [3.05, 3.63) is 111 Å². The van der Waals surface area contributed by atoms with E-state index in [0.29, 0.717) is 5.69 Å². The van der Waals surface area contributed by atoms with E-state index in [1.54, 1.807) is 6.92 Å². The van der Waals surface area contributed by atoms with Gasteiger partial charge in [-0.25, -0.2) is 0 Å². The number of halogens is 2. The van der Waals surface area contributed by atoms with Gasteiger partial charge in [-0.2, -0.15) is 30.4 Å². The number of rotatable bonds is 11. The largest absolute Gasteiger partial charge is 0.492 e. The molecule has 1 aliphatic rings. The van der Waals surface area contributed by atoms with E-state index >= 15 is 0 Å². The van der Waals surface area contributed by atoms with E-state index in [0.717, 1.165) is 30.3 Å². The fraction of sp³-hybridized carbons (Fsp3) is 0.0571. The van der Waals surface area contributed by atoms with Gasteiger partial charge in [0.15, 0.2) is 5.71 Å². The van der Waals surface area contributed by atoms with Gasteiger partial charge in [0.25, 0.3) is 36.3 Å². The van der Waals surface area contributed by atoms with E-state index in [2.05, 4.69) is 26.1 Å². The minimum absolute atomic E-state index is 0.00859. The summed E-state index contributed by atoms with van der Waals surface area (Å²) in [5, 5.41) is 14.1. The maximum Gasteiger partial charge on any atom is 0.296 e. The Balaban J connectivity index is 1.44. The summed E-state index contributed by atoms with van der Waals surface area (Å²) in [6.45, 7) is 1.61. The molecule has 0 radical (unpaired) electrons. The third-order valence-corrected chi connectivity index (χ3v) is 11.6. The van der Waals surface area contributed by atoms with Gasteiger partial charge in [-0.05, 0) is 85.3 Å². The lowest BCUT2D eigenvalue weighted by Gasteiger charge is -2.19. The summed E-state index contributed by atoms with van der Waals surface area (Å²) < 4.78 is 108. The molecule has 6 rings (SSSR count). The molecule has 18 nitrogen and oxygen atoms in total. The Morgan fingerprint density at radius 1 is 0.793 bits per heavy atom. The molecule has 23 heteroatoms. The average molecular weight is 890 g/mol. The molecule has 300 valence electrons. The Morgan fingerprint density at radius 2 is 1.48 bits per heavy atom. The van der Waals surface area contributed by atoms with Crippen LogP contribution in [-0.2, 0) is 30.4 Å². The number of ether oxygens (including phenoxy) is 1. The van der Waals surface area contributed by atoms with Crippen molar-refractivity contribution in [3.63, 3.8) is 0 Å². The third kappa shape index (κ3) is 8.85. The van der Waals surface area contributed by atoms with Gasteiger partial charge in [-0.15, -0.1) is 10.2 Å². The van der Waals surface area contributed by atoms with Crippen molar-refractivity contribution in [2.24, 2.45) is 15.3 Å². The summed E-state index contributed by atoms with van der Waals surface area (Å²) in [5.41, 5.74) is 8.01. The Bertz CT molecular complexity index is 3010. The number of nitrogens with zero attached hydrogens (tertiary/aromatic N) is 3. The fourth-order valence-corrected chi connectivity index (χ4v) is 8.01. The second-order valence-electron chi connectivity index (χ2n) is 12.1. The molecule has 0 spiro atoms. The zero-order chi connectivity index (χ0) is 42.3. The van der Waals surface area contributed by atoms with Gasteiger partial charge in [0.1, 0.15) is 26.9 Å². The lowest BCUT2D eigenvalue weighted by molar-refractivity contribution is 0.102. The first kappa shape index (κ1) is 41.8. The molecule has 5 aromatic carbocycles. The molecule has 1 amide bonds. The predicted molar refractivity (Wildman–Crippen MR) is 216 cm³/mol. The fourth-order valence-electron chi connectivity index (χ4n) is 5.56. The van der Waals surface area contributed by atoms with Crippen LogP contribution >= 0.6 is 23.2 Å². The number of nitrogen functional groups attached to an aromatic ring is 1. The van der Waals surface area contributed by atoms with Crippen LogP contribution in [0.5, 0.6) is 5.75 Å². The normalized spacial score (nSPS) is 14.1. The van der Waals surface area contributed by atoms with Crippen LogP contribution in [0.15, 0.2) is 109 Å². The molecule has 0 fully saturated rings. The minimum Gasteiger partial charge on any atom is -0.492 e. The van der Waals surface area contributed by atoms with E-state index in [1.165, 1.54) is 54.6 Å². The molecule has 0 atom stereocenters. The van der Waals surface area contributed by atoms with Gasteiger partial charge < -0.3 is 15.8 Å². The number of benzene rings is 5. The second kappa shape index (κ2) is 15.9. The number of anilines is 3. The van der Waals surface area contributed by atoms with Crippen LogP contribution in [-0.4, -0.2) is 62.9 Å². The van der Waals surface area contributed by atoms with Crippen molar-refractivity contribution < 1.29 is 53.2 Å². The van der Waals surface area contributed by atoms with Crippen molar-refractivity contribution in [2.75, 3.05) is 23.1 Å². The van der Waals surface area contributed by atoms with Crippen molar-refractivity contribution in [1.82, 2.24) is 0 Å². The van der Waals surface area contributed by atoms with Crippen LogP contribution < -0.4 is 21.2 Å². The van der Waals surface area contributed by atoms with Gasteiger partial charge in [0.2, 0.25) is 5.78 Å². The molecule has 0 saturated carbocycles. The van der Waals surface area contributed by atoms with Crippen molar-refractivity contribution in [2.45, 2.75) is 16.7 Å². The first-order valence-electron chi connectivity index (χ1n) is 16.1. The zero-order valence-corrected chi connectivity index (χ0v) is 33.2. The van der Waals surface area contributed by atoms with Crippen LogP contribution in [0, 0.1) is 0 Å². The monoisotopic (exact) mass is 888 g/mol. The number of allylic oxidation sites excluding steroid dienone is 1. The number of hydrogen-bond donors (Lipinski definition) is 6. The van der Waals surface area contributed by atoms with Gasteiger partial charge in [-0.1, -0.05) is 29.3 Å². The van der Waals surface area contributed by atoms with Crippen molar-refractivity contribution in [3.8, 4) is 5.75 Å². The molecule has 0 bridgehead atoms. The second-order valence-corrected chi connectivity index (χ2v) is 17.1. The standard InChI is InChI=1S/C35H26Cl2N6O12S3/c1-2-55-29-16-27(40-41-28-14-26(37)30(15-25(28)36)57(49,50)51)24-13-21(56(46,47)48)8-10-23(24)32(29)42-43-33-31(58(52,53)54)12-18-11-20(7-9-22(18)34(33)44)39-35(45)17-3-5-19(38)6-4-17/h3-16,42H,2,38H2,1H3,(H,39,45)(H,46,47,48)(H,49,50,51)(H,52,53,54)/b41-40?,43-33-. The Hall–Kier alpha value is -5.78. The number of ketones is 1. The zero-order valence-electron chi connectivity index (χ0n) is 29.2. The summed E-state index contributed by atoms with van der Waals surface area (Å²) in [4.78, 5) is 24.4. The summed E-state index contributed by atoms with van der Waals surface area (Å²) in [7, 11) is -14.7. The first-order valence-corrected chi connectivity index (χ1v) is 21.2. The number of nitrogens with two attached hydrogens (primary N) is 1. The summed E-state index contributed by atoms with van der Waals surface area (Å²) in [6, 6.07) is 16.4. The topological polar surface area (TPSA) is 294 Å². The highest BCUT2D eigenvalue weighted by Gasteiger charge is 2.33. The van der Waals surface area contributed by atoms with Crippen LogP contribution in [0.1, 0.15) is 33.2 Å². The Morgan fingerprint density at radius 3 is 2.12 bits per heavy atom. The molecule has 0 aliphatic heterocycles. The first-order chi connectivity index (χ1) is 27.1. The number of hydrogen-bond acceptors (Lipinski definition) is 14. The highest BCUT2D eigenvalue weighted by atomic mass is 35.5. The number of amides is 1. The molecule has 0 unspecified atom stereocenters. The van der Waals surface area contributed by atoms with Gasteiger partial charge in [-0.3, -0.25) is 28.7 Å². The Labute approximate surface area is 339 Å². The molecule has 0 heterocycles. The highest BCUT2D eigenvalue weighted by molar-refractivity contribution is 7.91. The van der Waals surface area contributed by atoms with Crippen LogP contribution in [0.25, 0.3) is 16.8 Å². The van der Waals surface area contributed by atoms with Crippen LogP contribution in [0.4, 0.5) is 28.4 Å². The quantitative estimate of drug-likeness (QED) is 0.0331. The number of nitrogens with one attached hydrogen (secondary N) is 2. The molecule has 0 aromatic heterocycles. The number of Topliss-reactive ketones (excluding diaryl/α,β-unsaturated/α-hetero) is 1. The summed E-state index contributed by atoms with van der Waals surface area (Å²) in [6.07, 6.45) is 0.981. The van der Waals surface area contributed by atoms with Crippen LogP contribution in [0.3, 0.4) is 0 Å². The number of azo groups is 1. The molecular formula is C35H26Cl2N6O12S3. The van der Waals surface area contributed by atoms with Gasteiger partial charge >= 0.3 is 0 Å². The highest BCUT2D eigenvalue weighted by Crippen LogP contribution is 2.43. The van der Waals surface area contributed by atoms with Gasteiger partial charge in [0, 0.05) is 39.3 Å². The lowest BCUT2D eigenvalue weighted by atomic mass is 9.94. The van der Waals surface area contributed by atoms with Crippen LogP contribution in [0.2, 0.25) is 10.0 Å². The maximum absolute atomic E-state index is 13.8. The predicted octanol–water partition coefficient (Wildman–Crippen LogP) is 7.18. The van der Waals surface area contributed by atoms with Crippen molar-refractivity contribution >= 4 is 116 Å². The van der Waals surface area contributed by atoms with Crippen molar-refractivity contribution in [1.29, 1.82) is 0 Å². The van der Waals surface area contributed by atoms with Gasteiger partial charge in [0.05, 0.1) is 27.2 Å². The molecule has 7 N–H and O–H groups in total. The third-order valence-electron chi connectivity index (χ3n) is 8.21. The van der Waals surface area contributed by atoms with E-state index in [9.17, 15) is 48.5 Å². The summed E-state index contributed by atoms with van der Waals surface area (Å²) in [5.74, 6) is -1.53. The number of hydrazone groups is 1. The number of fused-ring (bicyclic) bond motifs is 2. The average Bonchev–Trinajstić information content (AvgIpc) is 3.14. The minimum atomic E-state index is -5.13. The van der Waals surface area contributed by atoms with E-state index in [-0.39, 0.29) is 67.6 Å². The van der Waals surface area contributed by atoms with E-state index < -0.39 is 67.5 Å².